The third-order valence-electron chi connectivity index (χ3n) is 1.91. The van der Waals surface area contributed by atoms with Gasteiger partial charge >= 0.3 is 12.0 Å². The van der Waals surface area contributed by atoms with E-state index in [1.807, 2.05) is 0 Å². The van der Waals surface area contributed by atoms with Crippen LogP contribution in [0.15, 0.2) is 12.4 Å². The molecule has 0 saturated heterocycles. The van der Waals surface area contributed by atoms with Gasteiger partial charge in [0.2, 0.25) is 0 Å². The SMILES string of the molecule is COCC(NC(=O)NCc1ncc[nH]1)C(=O)O. The van der Waals surface area contributed by atoms with Crippen LogP contribution in [-0.2, 0) is 16.1 Å². The van der Waals surface area contributed by atoms with Gasteiger partial charge < -0.3 is 25.5 Å². The number of nitrogens with zero attached hydrogens (tertiary/aromatic N) is 1. The number of aromatic amines is 1. The predicted octanol–water partition coefficient (Wildman–Crippen LogP) is -0.691. The van der Waals surface area contributed by atoms with Gasteiger partial charge in [-0.3, -0.25) is 0 Å². The van der Waals surface area contributed by atoms with Crippen molar-refractivity contribution in [2.45, 2.75) is 12.6 Å². The number of aromatic nitrogens is 2. The number of rotatable bonds is 6. The first-order valence-electron chi connectivity index (χ1n) is 4.88. The summed E-state index contributed by atoms with van der Waals surface area (Å²) in [6.45, 7) is 0.0989. The maximum Gasteiger partial charge on any atom is 0.328 e. The molecule has 17 heavy (non-hydrogen) atoms. The van der Waals surface area contributed by atoms with E-state index in [1.165, 1.54) is 7.11 Å². The predicted molar refractivity (Wildman–Crippen MR) is 57.3 cm³/mol. The number of aliphatic carboxylic acids is 1. The Morgan fingerprint density at radius 2 is 2.41 bits per heavy atom. The summed E-state index contributed by atoms with van der Waals surface area (Å²) >= 11 is 0. The molecule has 1 aromatic rings. The van der Waals surface area contributed by atoms with Gasteiger partial charge in [0.15, 0.2) is 6.04 Å². The van der Waals surface area contributed by atoms with Crippen molar-refractivity contribution in [1.82, 2.24) is 20.6 Å². The van der Waals surface area contributed by atoms with Crippen molar-refractivity contribution in [3.63, 3.8) is 0 Å². The molecule has 0 aromatic carbocycles. The summed E-state index contributed by atoms with van der Waals surface area (Å²) in [5.41, 5.74) is 0. The van der Waals surface area contributed by atoms with Crippen molar-refractivity contribution in [2.75, 3.05) is 13.7 Å². The molecule has 8 nitrogen and oxygen atoms in total. The topological polar surface area (TPSA) is 116 Å². The van der Waals surface area contributed by atoms with Crippen LogP contribution >= 0.6 is 0 Å². The van der Waals surface area contributed by atoms with Gasteiger partial charge in [0.05, 0.1) is 13.2 Å². The van der Waals surface area contributed by atoms with Crippen LogP contribution in [-0.4, -0.2) is 46.8 Å². The lowest BCUT2D eigenvalue weighted by Gasteiger charge is -2.13. The lowest BCUT2D eigenvalue weighted by molar-refractivity contribution is -0.140. The molecule has 1 aromatic heterocycles. The van der Waals surface area contributed by atoms with E-state index in [0.29, 0.717) is 5.82 Å². The molecule has 0 spiro atoms. The van der Waals surface area contributed by atoms with Gasteiger partial charge in [-0.05, 0) is 0 Å². The van der Waals surface area contributed by atoms with E-state index in [0.717, 1.165) is 0 Å². The summed E-state index contributed by atoms with van der Waals surface area (Å²) in [5, 5.41) is 13.5. The Kier molecular flexibility index (Phi) is 4.95. The van der Waals surface area contributed by atoms with Crippen LogP contribution in [0.25, 0.3) is 0 Å². The number of imidazole rings is 1. The summed E-state index contributed by atoms with van der Waals surface area (Å²) in [7, 11) is 1.36. The van der Waals surface area contributed by atoms with Gasteiger partial charge in [-0.2, -0.15) is 0 Å². The molecule has 0 radical (unpaired) electrons. The second-order valence-corrected chi connectivity index (χ2v) is 3.21. The van der Waals surface area contributed by atoms with Crippen molar-refractivity contribution in [2.24, 2.45) is 0 Å². The third-order valence-corrected chi connectivity index (χ3v) is 1.91. The molecule has 1 unspecified atom stereocenters. The first kappa shape index (κ1) is 13.0. The molecular weight excluding hydrogens is 228 g/mol. The van der Waals surface area contributed by atoms with Crippen molar-refractivity contribution in [3.8, 4) is 0 Å². The Morgan fingerprint density at radius 3 is 2.94 bits per heavy atom. The van der Waals surface area contributed by atoms with Gasteiger partial charge in [0.25, 0.3) is 0 Å². The fourth-order valence-electron chi connectivity index (χ4n) is 1.11. The Balaban J connectivity index is 2.34. The maximum absolute atomic E-state index is 11.3. The summed E-state index contributed by atoms with van der Waals surface area (Å²) in [6, 6.07) is -1.66. The molecule has 0 bridgehead atoms. The molecule has 0 aliphatic carbocycles. The highest BCUT2D eigenvalue weighted by molar-refractivity contribution is 5.82. The average Bonchev–Trinajstić information content (AvgIpc) is 2.78. The van der Waals surface area contributed by atoms with Crippen molar-refractivity contribution >= 4 is 12.0 Å². The van der Waals surface area contributed by atoms with E-state index in [2.05, 4.69) is 25.3 Å². The Morgan fingerprint density at radius 1 is 1.65 bits per heavy atom. The van der Waals surface area contributed by atoms with Gasteiger partial charge in [-0.25, -0.2) is 14.6 Å². The van der Waals surface area contributed by atoms with E-state index < -0.39 is 18.0 Å². The molecule has 94 valence electrons. The van der Waals surface area contributed by atoms with E-state index in [-0.39, 0.29) is 13.2 Å². The van der Waals surface area contributed by atoms with Crippen LogP contribution in [0.5, 0.6) is 0 Å². The van der Waals surface area contributed by atoms with Crippen molar-refractivity contribution < 1.29 is 19.4 Å². The summed E-state index contributed by atoms with van der Waals surface area (Å²) in [5.74, 6) is -0.571. The zero-order valence-corrected chi connectivity index (χ0v) is 9.27. The molecule has 0 aliphatic heterocycles. The molecule has 8 heteroatoms. The highest BCUT2D eigenvalue weighted by Gasteiger charge is 2.19. The number of urea groups is 1. The summed E-state index contributed by atoms with van der Waals surface area (Å²) in [6.07, 6.45) is 3.18. The van der Waals surface area contributed by atoms with Crippen molar-refractivity contribution in [3.05, 3.63) is 18.2 Å². The minimum atomic E-state index is -1.15. The fourth-order valence-corrected chi connectivity index (χ4v) is 1.11. The Labute approximate surface area is 97.4 Å². The van der Waals surface area contributed by atoms with Crippen LogP contribution in [0.1, 0.15) is 5.82 Å². The third kappa shape index (κ3) is 4.51. The number of H-pyrrole nitrogens is 1. The van der Waals surface area contributed by atoms with E-state index >= 15 is 0 Å². The van der Waals surface area contributed by atoms with E-state index in [1.54, 1.807) is 12.4 Å². The number of hydrogen-bond acceptors (Lipinski definition) is 4. The highest BCUT2D eigenvalue weighted by Crippen LogP contribution is 1.88. The number of nitrogens with one attached hydrogen (secondary N) is 3. The van der Waals surface area contributed by atoms with E-state index in [9.17, 15) is 9.59 Å². The summed E-state index contributed by atoms with van der Waals surface area (Å²) < 4.78 is 4.67. The van der Waals surface area contributed by atoms with Crippen LogP contribution in [0.2, 0.25) is 0 Å². The second-order valence-electron chi connectivity index (χ2n) is 3.21. The monoisotopic (exact) mass is 242 g/mol. The molecular formula is C9H14N4O4. The summed E-state index contributed by atoms with van der Waals surface area (Å²) in [4.78, 5) is 28.8. The quantitative estimate of drug-likeness (QED) is 0.526. The second kappa shape index (κ2) is 6.48. The first-order chi connectivity index (χ1) is 8.13. The van der Waals surface area contributed by atoms with Gasteiger partial charge in [0, 0.05) is 19.5 Å². The standard InChI is InChI=1S/C9H14N4O4/c1-17-5-6(8(14)15)13-9(16)12-4-7-10-2-3-11-7/h2-3,6H,4-5H2,1H3,(H,10,11)(H,14,15)(H2,12,13,16). The highest BCUT2D eigenvalue weighted by atomic mass is 16.5. The van der Waals surface area contributed by atoms with Gasteiger partial charge in [-0.1, -0.05) is 0 Å². The lowest BCUT2D eigenvalue weighted by atomic mass is 10.3. The molecule has 1 heterocycles. The number of carboxylic acids is 1. The fraction of sp³-hybridized carbons (Fsp3) is 0.444. The maximum atomic E-state index is 11.3. The minimum absolute atomic E-state index is 0.0937. The number of methoxy groups -OCH3 is 1. The molecule has 0 fully saturated rings. The molecule has 0 saturated carbocycles. The van der Waals surface area contributed by atoms with E-state index in [4.69, 9.17) is 5.11 Å². The van der Waals surface area contributed by atoms with Crippen LogP contribution < -0.4 is 10.6 Å². The number of carbonyl (C=O) groups is 2. The molecule has 1 rings (SSSR count). The molecule has 0 aliphatic rings. The minimum Gasteiger partial charge on any atom is -0.480 e. The van der Waals surface area contributed by atoms with Gasteiger partial charge in [-0.15, -0.1) is 0 Å². The zero-order chi connectivity index (χ0) is 12.7. The number of hydrogen-bond donors (Lipinski definition) is 4. The zero-order valence-electron chi connectivity index (χ0n) is 9.27. The lowest BCUT2D eigenvalue weighted by Crippen LogP contribution is -2.48. The van der Waals surface area contributed by atoms with Gasteiger partial charge in [0.1, 0.15) is 5.82 Å². The van der Waals surface area contributed by atoms with Crippen molar-refractivity contribution in [1.29, 1.82) is 0 Å². The number of carbonyl (C=O) groups excluding carboxylic acids is 1. The Hall–Kier alpha value is -2.09. The largest absolute Gasteiger partial charge is 0.480 e. The number of ether oxygens (including phenoxy) is 1. The molecule has 2 amide bonds. The normalized spacial score (nSPS) is 11.8. The van der Waals surface area contributed by atoms with Crippen LogP contribution in [0.3, 0.4) is 0 Å². The number of carboxylic acid groups (broad SMARTS) is 1. The first-order valence-corrected chi connectivity index (χ1v) is 4.88. The average molecular weight is 242 g/mol. The number of amides is 2. The smallest absolute Gasteiger partial charge is 0.328 e. The molecule has 4 N–H and O–H groups in total. The van der Waals surface area contributed by atoms with Crippen LogP contribution in [0, 0.1) is 0 Å². The van der Waals surface area contributed by atoms with Crippen LogP contribution in [0.4, 0.5) is 4.79 Å². The Bertz CT molecular complexity index is 365. The molecule has 1 atom stereocenters.